The summed E-state index contributed by atoms with van der Waals surface area (Å²) in [7, 11) is 0. The van der Waals surface area contributed by atoms with E-state index in [4.69, 9.17) is 5.11 Å². The lowest BCUT2D eigenvalue weighted by atomic mass is 10.3. The molecule has 0 spiro atoms. The van der Waals surface area contributed by atoms with E-state index in [2.05, 4.69) is 15.6 Å². The van der Waals surface area contributed by atoms with Gasteiger partial charge < -0.3 is 20.7 Å². The molecule has 0 bridgehead atoms. The standard InChI is InChI=1S/C11H17N3O3/c1-8(15)6-12-4-5-13-11(17)9-2-3-10(16)14-7-9/h2-3,7-8,12,15H,4-6H2,1H3,(H,13,17)(H,14,16). The number of carbonyl (C=O) groups is 1. The maximum Gasteiger partial charge on any atom is 0.252 e. The van der Waals surface area contributed by atoms with E-state index in [1.807, 2.05) is 0 Å². The molecule has 94 valence electrons. The van der Waals surface area contributed by atoms with Crippen LogP contribution >= 0.6 is 0 Å². The smallest absolute Gasteiger partial charge is 0.252 e. The van der Waals surface area contributed by atoms with Crippen LogP contribution in [0.1, 0.15) is 17.3 Å². The molecule has 0 saturated heterocycles. The molecule has 1 heterocycles. The molecule has 1 aromatic rings. The van der Waals surface area contributed by atoms with Crippen molar-refractivity contribution in [3.8, 4) is 0 Å². The van der Waals surface area contributed by atoms with Crippen LogP contribution < -0.4 is 16.2 Å². The number of pyridine rings is 1. The molecule has 1 unspecified atom stereocenters. The van der Waals surface area contributed by atoms with Crippen LogP contribution in [0.3, 0.4) is 0 Å². The fourth-order valence-corrected chi connectivity index (χ4v) is 1.23. The summed E-state index contributed by atoms with van der Waals surface area (Å²) in [6.07, 6.45) is 0.978. The average Bonchev–Trinajstić information content (AvgIpc) is 2.29. The third-order valence-electron chi connectivity index (χ3n) is 2.07. The lowest BCUT2D eigenvalue weighted by Crippen LogP contribution is -2.34. The Kier molecular flexibility index (Phi) is 5.38. The number of hydrogen-bond donors (Lipinski definition) is 4. The number of carbonyl (C=O) groups excluding carboxylic acids is 1. The summed E-state index contributed by atoms with van der Waals surface area (Å²) in [5, 5.41) is 14.6. The highest BCUT2D eigenvalue weighted by molar-refractivity contribution is 5.93. The lowest BCUT2D eigenvalue weighted by molar-refractivity contribution is 0.0953. The van der Waals surface area contributed by atoms with Crippen LogP contribution in [0.4, 0.5) is 0 Å². The highest BCUT2D eigenvalue weighted by atomic mass is 16.3. The number of aliphatic hydroxyl groups is 1. The van der Waals surface area contributed by atoms with Gasteiger partial charge in [-0.2, -0.15) is 0 Å². The topological polar surface area (TPSA) is 94.2 Å². The minimum absolute atomic E-state index is 0.236. The van der Waals surface area contributed by atoms with Crippen molar-refractivity contribution < 1.29 is 9.90 Å². The minimum Gasteiger partial charge on any atom is -0.392 e. The molecule has 1 aromatic heterocycles. The minimum atomic E-state index is -0.398. The number of nitrogens with one attached hydrogen (secondary N) is 3. The van der Waals surface area contributed by atoms with Gasteiger partial charge in [-0.3, -0.25) is 9.59 Å². The van der Waals surface area contributed by atoms with Gasteiger partial charge in [0.25, 0.3) is 5.91 Å². The van der Waals surface area contributed by atoms with E-state index in [0.29, 0.717) is 25.2 Å². The quantitative estimate of drug-likeness (QED) is 0.483. The van der Waals surface area contributed by atoms with Crippen molar-refractivity contribution in [2.24, 2.45) is 0 Å². The van der Waals surface area contributed by atoms with Crippen LogP contribution in [-0.4, -0.2) is 41.7 Å². The van der Waals surface area contributed by atoms with Gasteiger partial charge in [-0.15, -0.1) is 0 Å². The molecule has 0 aliphatic carbocycles. The van der Waals surface area contributed by atoms with Crippen molar-refractivity contribution >= 4 is 5.91 Å². The van der Waals surface area contributed by atoms with E-state index in [9.17, 15) is 9.59 Å². The van der Waals surface area contributed by atoms with Gasteiger partial charge in [0.15, 0.2) is 0 Å². The Hall–Kier alpha value is -1.66. The maximum atomic E-state index is 11.5. The van der Waals surface area contributed by atoms with Gasteiger partial charge in [0.2, 0.25) is 5.56 Å². The van der Waals surface area contributed by atoms with Gasteiger partial charge in [-0.1, -0.05) is 0 Å². The molecule has 1 atom stereocenters. The van der Waals surface area contributed by atoms with Crippen LogP contribution in [-0.2, 0) is 0 Å². The van der Waals surface area contributed by atoms with Crippen LogP contribution in [0.5, 0.6) is 0 Å². The van der Waals surface area contributed by atoms with E-state index < -0.39 is 6.10 Å². The van der Waals surface area contributed by atoms with Gasteiger partial charge in [0.1, 0.15) is 0 Å². The predicted molar refractivity (Wildman–Crippen MR) is 63.9 cm³/mol. The second-order valence-corrected chi connectivity index (χ2v) is 3.75. The molecule has 1 rings (SSSR count). The summed E-state index contributed by atoms with van der Waals surface area (Å²) < 4.78 is 0. The molecule has 0 radical (unpaired) electrons. The first-order valence-corrected chi connectivity index (χ1v) is 5.45. The molecule has 1 amide bonds. The van der Waals surface area contributed by atoms with Crippen LogP contribution in [0.15, 0.2) is 23.1 Å². The Labute approximate surface area is 99.1 Å². The third-order valence-corrected chi connectivity index (χ3v) is 2.07. The summed E-state index contributed by atoms with van der Waals surface area (Å²) >= 11 is 0. The Balaban J connectivity index is 2.26. The number of amides is 1. The molecule has 0 saturated carbocycles. The second-order valence-electron chi connectivity index (χ2n) is 3.75. The first-order valence-electron chi connectivity index (χ1n) is 5.45. The number of aromatic amines is 1. The SMILES string of the molecule is CC(O)CNCCNC(=O)c1ccc(=O)[nH]c1. The van der Waals surface area contributed by atoms with E-state index in [1.54, 1.807) is 6.92 Å². The summed E-state index contributed by atoms with van der Waals surface area (Å²) in [6, 6.07) is 2.78. The Morgan fingerprint density at radius 3 is 2.82 bits per heavy atom. The van der Waals surface area contributed by atoms with Crippen molar-refractivity contribution in [2.75, 3.05) is 19.6 Å². The second kappa shape index (κ2) is 6.82. The van der Waals surface area contributed by atoms with Gasteiger partial charge in [0.05, 0.1) is 11.7 Å². The number of aliphatic hydroxyl groups excluding tert-OH is 1. The molecular formula is C11H17N3O3. The van der Waals surface area contributed by atoms with Crippen LogP contribution in [0.25, 0.3) is 0 Å². The van der Waals surface area contributed by atoms with Crippen molar-refractivity contribution in [1.29, 1.82) is 0 Å². The number of H-pyrrole nitrogens is 1. The molecule has 0 aromatic carbocycles. The monoisotopic (exact) mass is 239 g/mol. The zero-order valence-corrected chi connectivity index (χ0v) is 9.69. The summed E-state index contributed by atoms with van der Waals surface area (Å²) in [4.78, 5) is 24.8. The lowest BCUT2D eigenvalue weighted by Gasteiger charge is -2.07. The van der Waals surface area contributed by atoms with E-state index >= 15 is 0 Å². The summed E-state index contributed by atoms with van der Waals surface area (Å²) in [6.45, 7) is 3.23. The average molecular weight is 239 g/mol. The summed E-state index contributed by atoms with van der Waals surface area (Å²) in [5.74, 6) is -0.236. The fourth-order valence-electron chi connectivity index (χ4n) is 1.23. The van der Waals surface area contributed by atoms with Crippen molar-refractivity contribution in [1.82, 2.24) is 15.6 Å². The molecule has 6 nitrogen and oxygen atoms in total. The molecule has 0 aliphatic rings. The Morgan fingerprint density at radius 1 is 1.47 bits per heavy atom. The summed E-state index contributed by atoms with van der Waals surface area (Å²) in [5.41, 5.74) is 0.181. The molecule has 0 fully saturated rings. The Bertz CT molecular complexity index is 394. The normalized spacial score (nSPS) is 12.1. The Morgan fingerprint density at radius 2 is 2.24 bits per heavy atom. The molecule has 17 heavy (non-hydrogen) atoms. The molecule has 6 heteroatoms. The third kappa shape index (κ3) is 5.28. The highest BCUT2D eigenvalue weighted by Crippen LogP contribution is 1.91. The highest BCUT2D eigenvalue weighted by Gasteiger charge is 2.03. The molecule has 0 aliphatic heterocycles. The first kappa shape index (κ1) is 13.4. The largest absolute Gasteiger partial charge is 0.392 e. The number of hydrogen-bond acceptors (Lipinski definition) is 4. The van der Waals surface area contributed by atoms with Gasteiger partial charge in [0, 0.05) is 31.9 Å². The van der Waals surface area contributed by atoms with E-state index in [-0.39, 0.29) is 11.5 Å². The van der Waals surface area contributed by atoms with Gasteiger partial charge in [-0.05, 0) is 13.0 Å². The van der Waals surface area contributed by atoms with Crippen molar-refractivity contribution in [3.63, 3.8) is 0 Å². The van der Waals surface area contributed by atoms with Crippen LogP contribution in [0, 0.1) is 0 Å². The zero-order valence-electron chi connectivity index (χ0n) is 9.69. The first-order chi connectivity index (χ1) is 8.09. The molecule has 4 N–H and O–H groups in total. The molecular weight excluding hydrogens is 222 g/mol. The van der Waals surface area contributed by atoms with Crippen LogP contribution in [0.2, 0.25) is 0 Å². The van der Waals surface area contributed by atoms with Crippen molar-refractivity contribution in [3.05, 3.63) is 34.2 Å². The number of rotatable bonds is 6. The van der Waals surface area contributed by atoms with Gasteiger partial charge >= 0.3 is 0 Å². The predicted octanol–water partition coefficient (Wildman–Crippen LogP) is -0.925. The van der Waals surface area contributed by atoms with Gasteiger partial charge in [-0.25, -0.2) is 0 Å². The van der Waals surface area contributed by atoms with E-state index in [0.717, 1.165) is 0 Å². The fraction of sp³-hybridized carbons (Fsp3) is 0.455. The van der Waals surface area contributed by atoms with Crippen molar-refractivity contribution in [2.45, 2.75) is 13.0 Å². The van der Waals surface area contributed by atoms with E-state index in [1.165, 1.54) is 18.3 Å². The number of aromatic nitrogens is 1. The zero-order chi connectivity index (χ0) is 12.7. The maximum absolute atomic E-state index is 11.5.